The van der Waals surface area contributed by atoms with E-state index in [1.165, 1.54) is 114 Å². The van der Waals surface area contributed by atoms with Crippen molar-refractivity contribution >= 4 is 23.6 Å². The molecule has 0 aliphatic rings. The predicted octanol–water partition coefficient (Wildman–Crippen LogP) is 12.5. The molecule has 0 unspecified atom stereocenters. The molecule has 0 aliphatic carbocycles. The molecule has 0 aliphatic heterocycles. The molecule has 0 aromatic heterocycles. The SMILES string of the molecule is CCCCCCCCCCCCCCCCCCCSc1ccc(C=CC(=O)c2cc(OCC)c(OCC)cc2OCC)cc1. The lowest BCUT2D eigenvalue weighted by atomic mass is 10.0. The molecule has 0 saturated carbocycles. The third-order valence-corrected chi connectivity index (χ3v) is 9.13. The molecule has 2 rings (SSSR count). The number of ether oxygens (including phenoxy) is 3. The summed E-state index contributed by atoms with van der Waals surface area (Å²) in [5.74, 6) is 2.69. The summed E-state index contributed by atoms with van der Waals surface area (Å²) in [6.45, 7) is 9.48. The van der Waals surface area contributed by atoms with Crippen LogP contribution in [0.5, 0.6) is 17.2 Å². The van der Waals surface area contributed by atoms with E-state index in [1.807, 2.05) is 38.6 Å². The Balaban J connectivity index is 1.60. The Bertz CT molecular complexity index is 1060. The van der Waals surface area contributed by atoms with Crippen LogP contribution >= 0.6 is 11.8 Å². The standard InChI is InChI=1S/C40H62O4S/c1-5-9-10-11-12-13-14-15-16-17-18-19-20-21-22-23-24-31-45-35-28-25-34(26-29-35)27-30-37(41)36-32-39(43-7-3)40(44-8-4)33-38(36)42-6-2/h25-30,32-33H,5-24,31H2,1-4H3. The fourth-order valence-corrected chi connectivity index (χ4v) is 6.41. The Morgan fingerprint density at radius 3 is 1.51 bits per heavy atom. The normalized spacial score (nSPS) is 11.3. The lowest BCUT2D eigenvalue weighted by Crippen LogP contribution is -2.05. The van der Waals surface area contributed by atoms with E-state index in [9.17, 15) is 4.79 Å². The number of hydrogen-bond acceptors (Lipinski definition) is 5. The van der Waals surface area contributed by atoms with Gasteiger partial charge in [-0.05, 0) is 62.8 Å². The molecule has 0 saturated heterocycles. The summed E-state index contributed by atoms with van der Waals surface area (Å²) in [6, 6.07) is 11.9. The van der Waals surface area contributed by atoms with Gasteiger partial charge in [-0.15, -0.1) is 11.8 Å². The van der Waals surface area contributed by atoms with Crippen molar-refractivity contribution < 1.29 is 19.0 Å². The van der Waals surface area contributed by atoms with E-state index in [-0.39, 0.29) is 5.78 Å². The molecule has 45 heavy (non-hydrogen) atoms. The highest BCUT2D eigenvalue weighted by Crippen LogP contribution is 2.36. The number of allylic oxidation sites excluding steroid dienone is 1. The van der Waals surface area contributed by atoms with Gasteiger partial charge in [-0.3, -0.25) is 4.79 Å². The summed E-state index contributed by atoms with van der Waals surface area (Å²) in [5.41, 5.74) is 1.47. The second-order valence-electron chi connectivity index (χ2n) is 11.9. The van der Waals surface area contributed by atoms with Crippen LogP contribution in [0.2, 0.25) is 0 Å². The van der Waals surface area contributed by atoms with Crippen LogP contribution in [0.4, 0.5) is 0 Å². The van der Waals surface area contributed by atoms with E-state index >= 15 is 0 Å². The lowest BCUT2D eigenvalue weighted by Gasteiger charge is -2.15. The van der Waals surface area contributed by atoms with Gasteiger partial charge >= 0.3 is 0 Å². The number of thioether (sulfide) groups is 1. The second kappa shape index (κ2) is 25.8. The quantitative estimate of drug-likeness (QED) is 0.0401. The number of benzene rings is 2. The summed E-state index contributed by atoms with van der Waals surface area (Å²) in [7, 11) is 0. The third-order valence-electron chi connectivity index (χ3n) is 8.03. The Labute approximate surface area is 280 Å². The molecule has 5 heteroatoms. The van der Waals surface area contributed by atoms with Crippen LogP contribution in [0, 0.1) is 0 Å². The van der Waals surface area contributed by atoms with Gasteiger partial charge in [0.1, 0.15) is 5.75 Å². The monoisotopic (exact) mass is 638 g/mol. The van der Waals surface area contributed by atoms with Crippen molar-refractivity contribution in [3.63, 3.8) is 0 Å². The summed E-state index contributed by atoms with van der Waals surface area (Å²) in [4.78, 5) is 14.4. The van der Waals surface area contributed by atoms with Crippen molar-refractivity contribution in [1.82, 2.24) is 0 Å². The molecule has 0 fully saturated rings. The number of carbonyl (C=O) groups is 1. The molecule has 0 N–H and O–H groups in total. The minimum absolute atomic E-state index is 0.125. The zero-order chi connectivity index (χ0) is 32.4. The highest BCUT2D eigenvalue weighted by Gasteiger charge is 2.17. The van der Waals surface area contributed by atoms with E-state index in [0.717, 1.165) is 11.3 Å². The molecular formula is C40H62O4S. The maximum absolute atomic E-state index is 13.1. The van der Waals surface area contributed by atoms with Crippen molar-refractivity contribution in [3.8, 4) is 17.2 Å². The van der Waals surface area contributed by atoms with Gasteiger partial charge in [0.2, 0.25) is 0 Å². The van der Waals surface area contributed by atoms with Gasteiger partial charge in [-0.2, -0.15) is 0 Å². The minimum atomic E-state index is -0.125. The molecular weight excluding hydrogens is 577 g/mol. The van der Waals surface area contributed by atoms with Crippen molar-refractivity contribution in [2.45, 2.75) is 142 Å². The zero-order valence-corrected chi connectivity index (χ0v) is 29.8. The molecule has 0 spiro atoms. The van der Waals surface area contributed by atoms with Crippen molar-refractivity contribution in [2.75, 3.05) is 25.6 Å². The summed E-state index contributed by atoms with van der Waals surface area (Å²) >= 11 is 1.92. The van der Waals surface area contributed by atoms with Gasteiger partial charge < -0.3 is 14.2 Å². The topological polar surface area (TPSA) is 44.8 Å². The van der Waals surface area contributed by atoms with Crippen molar-refractivity contribution in [2.24, 2.45) is 0 Å². The van der Waals surface area contributed by atoms with Crippen LogP contribution in [-0.2, 0) is 0 Å². The van der Waals surface area contributed by atoms with Gasteiger partial charge in [0.05, 0.1) is 25.4 Å². The van der Waals surface area contributed by atoms with Crippen LogP contribution in [0.3, 0.4) is 0 Å². The molecule has 0 radical (unpaired) electrons. The highest BCUT2D eigenvalue weighted by atomic mass is 32.2. The summed E-state index contributed by atoms with van der Waals surface area (Å²) in [6.07, 6.45) is 27.4. The molecule has 2 aromatic carbocycles. The van der Waals surface area contributed by atoms with E-state index in [1.54, 1.807) is 18.2 Å². The number of unbranched alkanes of at least 4 members (excludes halogenated alkanes) is 16. The molecule has 2 aromatic rings. The molecule has 0 bridgehead atoms. The number of rotatable bonds is 28. The summed E-state index contributed by atoms with van der Waals surface area (Å²) < 4.78 is 17.2. The first kappa shape index (κ1) is 38.8. The smallest absolute Gasteiger partial charge is 0.189 e. The van der Waals surface area contributed by atoms with Crippen LogP contribution in [0.1, 0.15) is 153 Å². The molecule has 0 heterocycles. The van der Waals surface area contributed by atoms with Gasteiger partial charge in [0.15, 0.2) is 17.3 Å². The number of carbonyl (C=O) groups excluding carboxylic acids is 1. The van der Waals surface area contributed by atoms with E-state index in [0.29, 0.717) is 42.6 Å². The summed E-state index contributed by atoms with van der Waals surface area (Å²) in [5, 5.41) is 0. The Morgan fingerprint density at radius 2 is 1.02 bits per heavy atom. The van der Waals surface area contributed by atoms with Crippen LogP contribution < -0.4 is 14.2 Å². The van der Waals surface area contributed by atoms with Gasteiger partial charge in [-0.1, -0.05) is 128 Å². The first-order chi connectivity index (χ1) is 22.1. The van der Waals surface area contributed by atoms with Crippen molar-refractivity contribution in [3.05, 3.63) is 53.6 Å². The molecule has 252 valence electrons. The van der Waals surface area contributed by atoms with Crippen LogP contribution in [-0.4, -0.2) is 31.4 Å². The van der Waals surface area contributed by atoms with Crippen molar-refractivity contribution in [1.29, 1.82) is 0 Å². The first-order valence-electron chi connectivity index (χ1n) is 18.1. The Hall–Kier alpha value is -2.40. The third kappa shape index (κ3) is 17.2. The maximum atomic E-state index is 13.1. The minimum Gasteiger partial charge on any atom is -0.493 e. The average molecular weight is 639 g/mol. The average Bonchev–Trinajstić information content (AvgIpc) is 3.05. The van der Waals surface area contributed by atoms with Gasteiger partial charge in [0, 0.05) is 11.0 Å². The largest absolute Gasteiger partial charge is 0.493 e. The highest BCUT2D eigenvalue weighted by molar-refractivity contribution is 7.99. The molecule has 0 amide bonds. The fourth-order valence-electron chi connectivity index (χ4n) is 5.50. The van der Waals surface area contributed by atoms with E-state index in [4.69, 9.17) is 14.2 Å². The predicted molar refractivity (Wildman–Crippen MR) is 195 cm³/mol. The fraction of sp³-hybridized carbons (Fsp3) is 0.625. The molecule has 4 nitrogen and oxygen atoms in total. The Kier molecular flexibility index (Phi) is 22.2. The number of ketones is 1. The zero-order valence-electron chi connectivity index (χ0n) is 29.0. The van der Waals surface area contributed by atoms with E-state index in [2.05, 4.69) is 31.2 Å². The van der Waals surface area contributed by atoms with Crippen LogP contribution in [0.25, 0.3) is 6.08 Å². The molecule has 0 atom stereocenters. The van der Waals surface area contributed by atoms with E-state index < -0.39 is 0 Å². The number of hydrogen-bond donors (Lipinski definition) is 0. The van der Waals surface area contributed by atoms with Gasteiger partial charge in [0.25, 0.3) is 0 Å². The first-order valence-corrected chi connectivity index (χ1v) is 19.1. The van der Waals surface area contributed by atoms with Gasteiger partial charge in [-0.25, -0.2) is 0 Å². The Morgan fingerprint density at radius 1 is 0.578 bits per heavy atom. The van der Waals surface area contributed by atoms with Crippen LogP contribution in [0.15, 0.2) is 47.4 Å². The lowest BCUT2D eigenvalue weighted by molar-refractivity contribution is 0.104. The second-order valence-corrected chi connectivity index (χ2v) is 13.0. The maximum Gasteiger partial charge on any atom is 0.189 e.